The van der Waals surface area contributed by atoms with Crippen LogP contribution in [0.4, 0.5) is 5.69 Å². The van der Waals surface area contributed by atoms with Gasteiger partial charge in [0.2, 0.25) is 15.9 Å². The molecule has 172 valence electrons. The van der Waals surface area contributed by atoms with Crippen molar-refractivity contribution in [3.8, 4) is 0 Å². The van der Waals surface area contributed by atoms with Crippen LogP contribution >= 0.6 is 23.2 Å². The Hall–Kier alpha value is -2.38. The number of rotatable bonds is 6. The Bertz CT molecular complexity index is 1290. The Kier molecular flexibility index (Phi) is 6.82. The molecule has 3 aromatic rings. The van der Waals surface area contributed by atoms with Crippen LogP contribution in [-0.2, 0) is 27.8 Å². The molecular formula is C25H24Cl2N2O3S. The third-order valence-corrected chi connectivity index (χ3v) is 8.20. The molecule has 0 fully saturated rings. The summed E-state index contributed by atoms with van der Waals surface area (Å²) in [5.74, 6) is -0.284. The summed E-state index contributed by atoms with van der Waals surface area (Å²) in [6.45, 7) is 3.49. The van der Waals surface area contributed by atoms with Gasteiger partial charge in [-0.1, -0.05) is 65.2 Å². The lowest BCUT2D eigenvalue weighted by molar-refractivity contribution is -0.119. The van der Waals surface area contributed by atoms with Gasteiger partial charge in [-0.2, -0.15) is 4.31 Å². The Morgan fingerprint density at radius 1 is 1.06 bits per heavy atom. The van der Waals surface area contributed by atoms with Gasteiger partial charge in [0.25, 0.3) is 0 Å². The van der Waals surface area contributed by atoms with Crippen molar-refractivity contribution in [1.82, 2.24) is 4.31 Å². The molecule has 0 bridgehead atoms. The first-order valence-electron chi connectivity index (χ1n) is 10.6. The Balaban J connectivity index is 1.69. The van der Waals surface area contributed by atoms with E-state index < -0.39 is 10.0 Å². The lowest BCUT2D eigenvalue weighted by Gasteiger charge is -2.28. The second-order valence-corrected chi connectivity index (χ2v) is 11.0. The largest absolute Gasteiger partial charge is 0.308 e. The predicted octanol–water partition coefficient (Wildman–Crippen LogP) is 5.47. The van der Waals surface area contributed by atoms with Crippen LogP contribution in [0.2, 0.25) is 10.0 Å². The first-order valence-corrected chi connectivity index (χ1v) is 12.8. The van der Waals surface area contributed by atoms with E-state index in [0.717, 1.165) is 23.2 Å². The molecule has 8 heteroatoms. The van der Waals surface area contributed by atoms with Crippen LogP contribution < -0.4 is 4.90 Å². The molecule has 4 rings (SSSR count). The number of carbonyl (C=O) groups is 1. The molecule has 0 N–H and O–H groups in total. The van der Waals surface area contributed by atoms with Gasteiger partial charge in [-0.25, -0.2) is 8.42 Å². The van der Waals surface area contributed by atoms with Crippen molar-refractivity contribution in [2.45, 2.75) is 37.8 Å². The predicted molar refractivity (Wildman–Crippen MR) is 132 cm³/mol. The SMILES string of the molecule is Cc1ccc(S(=O)(=O)N(CC(=O)N2c3ccccc3C[C@H]2C)Cc2ccc(Cl)cc2Cl)cc1. The van der Waals surface area contributed by atoms with Crippen LogP contribution in [0, 0.1) is 6.92 Å². The average Bonchev–Trinajstić information content (AvgIpc) is 3.11. The summed E-state index contributed by atoms with van der Waals surface area (Å²) in [7, 11) is -3.97. The second-order valence-electron chi connectivity index (χ2n) is 8.27. The maximum absolute atomic E-state index is 13.6. The highest BCUT2D eigenvalue weighted by Crippen LogP contribution is 2.33. The van der Waals surface area contributed by atoms with Gasteiger partial charge in [-0.15, -0.1) is 0 Å². The topological polar surface area (TPSA) is 57.7 Å². The molecule has 5 nitrogen and oxygen atoms in total. The van der Waals surface area contributed by atoms with E-state index in [2.05, 4.69) is 0 Å². The zero-order valence-corrected chi connectivity index (χ0v) is 20.7. The van der Waals surface area contributed by atoms with Gasteiger partial charge in [0.15, 0.2) is 0 Å². The Labute approximate surface area is 204 Å². The van der Waals surface area contributed by atoms with E-state index in [9.17, 15) is 13.2 Å². The van der Waals surface area contributed by atoms with Crippen LogP contribution in [0.1, 0.15) is 23.6 Å². The van der Waals surface area contributed by atoms with Crippen LogP contribution in [0.3, 0.4) is 0 Å². The lowest BCUT2D eigenvalue weighted by atomic mass is 10.1. The van der Waals surface area contributed by atoms with Gasteiger partial charge in [-0.3, -0.25) is 4.79 Å². The van der Waals surface area contributed by atoms with E-state index >= 15 is 0 Å². The summed E-state index contributed by atoms with van der Waals surface area (Å²) in [5.41, 5.74) is 3.42. The number of anilines is 1. The van der Waals surface area contributed by atoms with Crippen molar-refractivity contribution < 1.29 is 13.2 Å². The zero-order valence-electron chi connectivity index (χ0n) is 18.3. The van der Waals surface area contributed by atoms with Crippen LogP contribution in [0.25, 0.3) is 0 Å². The van der Waals surface area contributed by atoms with Gasteiger partial charge in [-0.05, 0) is 61.7 Å². The minimum atomic E-state index is -3.97. The Morgan fingerprint density at radius 3 is 2.45 bits per heavy atom. The second kappa shape index (κ2) is 9.47. The van der Waals surface area contributed by atoms with Crippen molar-refractivity contribution in [2.24, 2.45) is 0 Å². The number of benzene rings is 3. The highest BCUT2D eigenvalue weighted by Gasteiger charge is 2.34. The molecule has 0 spiro atoms. The molecule has 0 unspecified atom stereocenters. The molecule has 1 aliphatic heterocycles. The Morgan fingerprint density at radius 2 is 1.76 bits per heavy atom. The summed E-state index contributed by atoms with van der Waals surface area (Å²) in [5, 5.41) is 0.800. The van der Waals surface area contributed by atoms with E-state index in [1.54, 1.807) is 47.4 Å². The molecule has 1 atom stereocenters. The van der Waals surface area contributed by atoms with Gasteiger partial charge in [0.05, 0.1) is 11.4 Å². The molecule has 0 aromatic heterocycles. The number of sulfonamides is 1. The van der Waals surface area contributed by atoms with Crippen LogP contribution in [0.5, 0.6) is 0 Å². The number of carbonyl (C=O) groups excluding carboxylic acids is 1. The number of aryl methyl sites for hydroxylation is 1. The normalized spacial score (nSPS) is 15.7. The number of hydrogen-bond donors (Lipinski definition) is 0. The van der Waals surface area contributed by atoms with Crippen LogP contribution in [0.15, 0.2) is 71.6 Å². The monoisotopic (exact) mass is 502 g/mol. The molecular weight excluding hydrogens is 479 g/mol. The van der Waals surface area contributed by atoms with Crippen molar-refractivity contribution in [2.75, 3.05) is 11.4 Å². The quantitative estimate of drug-likeness (QED) is 0.448. The third kappa shape index (κ3) is 4.94. The maximum atomic E-state index is 13.6. The van der Waals surface area contributed by atoms with Gasteiger partial charge in [0, 0.05) is 28.3 Å². The zero-order chi connectivity index (χ0) is 23.8. The number of hydrogen-bond acceptors (Lipinski definition) is 3. The first kappa shape index (κ1) is 23.8. The van der Waals surface area contributed by atoms with Crippen LogP contribution in [-0.4, -0.2) is 31.2 Å². The van der Waals surface area contributed by atoms with E-state index in [4.69, 9.17) is 23.2 Å². The fraction of sp³-hybridized carbons (Fsp3) is 0.240. The van der Waals surface area contributed by atoms with Gasteiger partial charge in [0.1, 0.15) is 0 Å². The van der Waals surface area contributed by atoms with Crippen molar-refractivity contribution >= 4 is 44.8 Å². The standard InChI is InChI=1S/C25H24Cl2N2O3S/c1-17-7-11-22(12-8-17)33(31,32)28(15-20-9-10-21(26)14-23(20)27)16-25(30)29-18(2)13-19-5-3-4-6-24(19)29/h3-12,14,18H,13,15-16H2,1-2H3/t18-/m1/s1. The van der Waals surface area contributed by atoms with E-state index in [0.29, 0.717) is 15.6 Å². The number of amides is 1. The summed E-state index contributed by atoms with van der Waals surface area (Å²) in [4.78, 5) is 15.3. The fourth-order valence-corrected chi connectivity index (χ4v) is 5.93. The highest BCUT2D eigenvalue weighted by molar-refractivity contribution is 7.89. The summed E-state index contributed by atoms with van der Waals surface area (Å²) >= 11 is 12.4. The molecule has 0 saturated heterocycles. The van der Waals surface area contributed by atoms with Gasteiger partial charge < -0.3 is 4.90 Å². The highest BCUT2D eigenvalue weighted by atomic mass is 35.5. The molecule has 0 radical (unpaired) electrons. The maximum Gasteiger partial charge on any atom is 0.243 e. The third-order valence-electron chi connectivity index (χ3n) is 5.81. The summed E-state index contributed by atoms with van der Waals surface area (Å²) < 4.78 is 28.4. The molecule has 1 amide bonds. The average molecular weight is 503 g/mol. The molecule has 0 aliphatic carbocycles. The molecule has 1 heterocycles. The number of halogens is 2. The van der Waals surface area contributed by atoms with E-state index in [1.807, 2.05) is 38.1 Å². The molecule has 3 aromatic carbocycles. The minimum absolute atomic E-state index is 0.0538. The smallest absolute Gasteiger partial charge is 0.243 e. The number of nitrogens with zero attached hydrogens (tertiary/aromatic N) is 2. The van der Waals surface area contributed by atoms with Crippen molar-refractivity contribution in [1.29, 1.82) is 0 Å². The molecule has 1 aliphatic rings. The van der Waals surface area contributed by atoms with E-state index in [-0.39, 0.29) is 29.9 Å². The number of fused-ring (bicyclic) bond motifs is 1. The van der Waals surface area contributed by atoms with E-state index in [1.165, 1.54) is 4.31 Å². The first-order chi connectivity index (χ1) is 15.7. The number of para-hydroxylation sites is 1. The van der Waals surface area contributed by atoms with Gasteiger partial charge >= 0.3 is 0 Å². The molecule has 33 heavy (non-hydrogen) atoms. The van der Waals surface area contributed by atoms with Crippen molar-refractivity contribution in [3.05, 3.63) is 93.5 Å². The minimum Gasteiger partial charge on any atom is -0.308 e. The summed E-state index contributed by atoms with van der Waals surface area (Å²) in [6, 6.07) is 19.1. The molecule has 0 saturated carbocycles. The van der Waals surface area contributed by atoms with Crippen molar-refractivity contribution in [3.63, 3.8) is 0 Å². The summed E-state index contributed by atoms with van der Waals surface area (Å²) in [6.07, 6.45) is 0.732. The lowest BCUT2D eigenvalue weighted by Crippen LogP contribution is -2.44. The fourth-order valence-electron chi connectivity index (χ4n) is 4.10.